The summed E-state index contributed by atoms with van der Waals surface area (Å²) < 4.78 is 0. The monoisotopic (exact) mass is 500 g/mol. The maximum atomic E-state index is 10.5. The molecule has 0 fully saturated rings. The van der Waals surface area contributed by atoms with E-state index in [9.17, 15) is 9.90 Å². The molecule has 4 heteroatoms. The second-order valence-electron chi connectivity index (χ2n) is 9.17. The molecule has 204 valence electrons. The highest BCUT2D eigenvalue weighted by molar-refractivity contribution is 5.71. The molecular weight excluding hydrogens is 448 g/mol. The molecule has 0 aliphatic rings. The summed E-state index contributed by atoms with van der Waals surface area (Å²) in [4.78, 5) is 10.5. The van der Waals surface area contributed by atoms with Gasteiger partial charge in [-0.05, 0) is 57.8 Å². The summed E-state index contributed by atoms with van der Waals surface area (Å²) in [5.74, 6) is -1.11. The highest BCUT2D eigenvalue weighted by atomic mass is 16.4. The molecule has 0 saturated carbocycles. The predicted octanol–water partition coefficient (Wildman–Crippen LogP) is 8.39. The number of hydrogen-bond acceptors (Lipinski definition) is 3. The van der Waals surface area contributed by atoms with Gasteiger partial charge in [0.25, 0.3) is 0 Å². The van der Waals surface area contributed by atoms with Crippen LogP contribution in [-0.2, 0) is 4.79 Å². The Morgan fingerprint density at radius 3 is 1.53 bits per heavy atom. The van der Waals surface area contributed by atoms with Gasteiger partial charge >= 0.3 is 5.97 Å². The molecule has 4 nitrogen and oxygen atoms in total. The molecule has 0 radical (unpaired) electrons. The standard InChI is InChI=1S/C32H52O4/c33-30-28-26-24-22-20-18-16-14-12-10-8-6-4-2-1-3-5-7-9-11-13-15-17-19-21-23-25-27-29-31(34)32(35)36/h1-2,5,7-8,10,12,14,16,18,24,26,31,33-34H,3-4,6,9,11,13,15,17,19-23,25,27-30H2,(H,35,36). The van der Waals surface area contributed by atoms with Gasteiger partial charge in [0.15, 0.2) is 6.10 Å². The van der Waals surface area contributed by atoms with Crippen molar-refractivity contribution in [3.05, 3.63) is 72.9 Å². The number of aliphatic carboxylic acids is 1. The molecule has 36 heavy (non-hydrogen) atoms. The molecule has 0 aliphatic heterocycles. The summed E-state index contributed by atoms with van der Waals surface area (Å²) in [5, 5.41) is 26.5. The number of aliphatic hydroxyl groups is 2. The quantitative estimate of drug-likeness (QED) is 0.0668. The molecule has 3 N–H and O–H groups in total. The van der Waals surface area contributed by atoms with Crippen molar-refractivity contribution >= 4 is 5.97 Å². The molecule has 0 aliphatic carbocycles. The van der Waals surface area contributed by atoms with Crippen LogP contribution in [0.5, 0.6) is 0 Å². The third-order valence-electron chi connectivity index (χ3n) is 5.81. The summed E-state index contributed by atoms with van der Waals surface area (Å²) in [7, 11) is 0. The zero-order valence-corrected chi connectivity index (χ0v) is 22.5. The third-order valence-corrected chi connectivity index (χ3v) is 5.81. The van der Waals surface area contributed by atoms with Gasteiger partial charge in [0, 0.05) is 6.61 Å². The number of unbranched alkanes of at least 4 members (excludes halogenated alkanes) is 11. The summed E-state index contributed by atoms with van der Waals surface area (Å²) in [5.41, 5.74) is 0. The van der Waals surface area contributed by atoms with E-state index >= 15 is 0 Å². The van der Waals surface area contributed by atoms with Crippen LogP contribution in [-0.4, -0.2) is 34.0 Å². The molecule has 0 amide bonds. The van der Waals surface area contributed by atoms with Crippen LogP contribution in [0, 0.1) is 0 Å². The van der Waals surface area contributed by atoms with E-state index < -0.39 is 12.1 Å². The SMILES string of the molecule is O=C(O)C(O)CCCCCCCCCCCC=CCC=CCCC=CC=CC=CCCC=CCCO. The van der Waals surface area contributed by atoms with Gasteiger partial charge in [0.2, 0.25) is 0 Å². The van der Waals surface area contributed by atoms with Gasteiger partial charge in [-0.2, -0.15) is 0 Å². The third kappa shape index (κ3) is 28.1. The minimum absolute atomic E-state index is 0.231. The van der Waals surface area contributed by atoms with E-state index in [0.29, 0.717) is 6.42 Å². The average Bonchev–Trinajstić information content (AvgIpc) is 2.87. The van der Waals surface area contributed by atoms with Crippen LogP contribution in [0.3, 0.4) is 0 Å². The summed E-state index contributed by atoms with van der Waals surface area (Å²) >= 11 is 0. The van der Waals surface area contributed by atoms with E-state index in [1.807, 2.05) is 6.08 Å². The Morgan fingerprint density at radius 1 is 0.528 bits per heavy atom. The van der Waals surface area contributed by atoms with Crippen molar-refractivity contribution < 1.29 is 20.1 Å². The first-order valence-corrected chi connectivity index (χ1v) is 14.1. The molecule has 0 saturated heterocycles. The number of allylic oxidation sites excluding steroid dienone is 11. The fourth-order valence-electron chi connectivity index (χ4n) is 3.64. The van der Waals surface area contributed by atoms with Gasteiger partial charge in [-0.3, -0.25) is 0 Å². The van der Waals surface area contributed by atoms with Crippen LogP contribution in [0.15, 0.2) is 72.9 Å². The topological polar surface area (TPSA) is 77.8 Å². The number of rotatable bonds is 25. The first kappa shape index (κ1) is 33.8. The number of carboxylic acid groups (broad SMARTS) is 1. The van der Waals surface area contributed by atoms with Crippen molar-refractivity contribution in [2.24, 2.45) is 0 Å². The van der Waals surface area contributed by atoms with E-state index in [4.69, 9.17) is 10.2 Å². The van der Waals surface area contributed by atoms with Gasteiger partial charge in [-0.15, -0.1) is 0 Å². The highest BCUT2D eigenvalue weighted by Gasteiger charge is 2.11. The lowest BCUT2D eigenvalue weighted by atomic mass is 10.0. The van der Waals surface area contributed by atoms with Crippen molar-refractivity contribution in [1.82, 2.24) is 0 Å². The summed E-state index contributed by atoms with van der Waals surface area (Å²) in [6.45, 7) is 0.231. The second-order valence-corrected chi connectivity index (χ2v) is 9.17. The van der Waals surface area contributed by atoms with Crippen molar-refractivity contribution in [3.8, 4) is 0 Å². The van der Waals surface area contributed by atoms with Crippen LogP contribution in [0.1, 0.15) is 109 Å². The molecule has 1 atom stereocenters. The smallest absolute Gasteiger partial charge is 0.332 e. The molecular formula is C32H52O4. The van der Waals surface area contributed by atoms with E-state index in [-0.39, 0.29) is 6.61 Å². The molecule has 0 rings (SSSR count). The van der Waals surface area contributed by atoms with Crippen LogP contribution in [0.25, 0.3) is 0 Å². The summed E-state index contributed by atoms with van der Waals surface area (Å²) in [6, 6.07) is 0. The Labute approximate surface area is 220 Å². The predicted molar refractivity (Wildman–Crippen MR) is 154 cm³/mol. The number of carbonyl (C=O) groups is 1. The first-order valence-electron chi connectivity index (χ1n) is 14.1. The maximum Gasteiger partial charge on any atom is 0.332 e. The minimum atomic E-state index is -1.19. The van der Waals surface area contributed by atoms with Crippen LogP contribution in [0.2, 0.25) is 0 Å². The Balaban J connectivity index is 3.40. The van der Waals surface area contributed by atoms with Crippen molar-refractivity contribution in [2.75, 3.05) is 6.61 Å². The van der Waals surface area contributed by atoms with Gasteiger partial charge in [0.05, 0.1) is 0 Å². The number of carboxylic acids is 1. The first-order chi connectivity index (χ1) is 17.7. The largest absolute Gasteiger partial charge is 0.479 e. The Kier molecular flexibility index (Phi) is 27.3. The second kappa shape index (κ2) is 29.1. The van der Waals surface area contributed by atoms with Crippen molar-refractivity contribution in [2.45, 2.75) is 115 Å². The Hall–Kier alpha value is -2.17. The average molecular weight is 501 g/mol. The summed E-state index contributed by atoms with van der Waals surface area (Å²) in [6.07, 6.45) is 42.8. The van der Waals surface area contributed by atoms with Crippen molar-refractivity contribution in [1.29, 1.82) is 0 Å². The molecule has 1 unspecified atom stereocenters. The maximum absolute atomic E-state index is 10.5. The molecule has 0 heterocycles. The van der Waals surface area contributed by atoms with Crippen LogP contribution >= 0.6 is 0 Å². The van der Waals surface area contributed by atoms with E-state index in [1.165, 1.54) is 44.9 Å². The van der Waals surface area contributed by atoms with E-state index in [1.54, 1.807) is 0 Å². The number of aliphatic hydroxyl groups excluding tert-OH is 2. The molecule has 0 aromatic rings. The van der Waals surface area contributed by atoms with Gasteiger partial charge in [0.1, 0.15) is 0 Å². The molecule has 0 spiro atoms. The van der Waals surface area contributed by atoms with Gasteiger partial charge in [-0.1, -0.05) is 124 Å². The Bertz CT molecular complexity index is 655. The Morgan fingerprint density at radius 2 is 0.972 bits per heavy atom. The van der Waals surface area contributed by atoms with Crippen LogP contribution < -0.4 is 0 Å². The molecule has 0 aromatic carbocycles. The van der Waals surface area contributed by atoms with Gasteiger partial charge < -0.3 is 15.3 Å². The fraction of sp³-hybridized carbons (Fsp3) is 0.594. The molecule has 0 aromatic heterocycles. The zero-order valence-electron chi connectivity index (χ0n) is 22.5. The van der Waals surface area contributed by atoms with Crippen LogP contribution in [0.4, 0.5) is 0 Å². The number of hydrogen-bond donors (Lipinski definition) is 3. The lowest BCUT2D eigenvalue weighted by Crippen LogP contribution is -2.18. The minimum Gasteiger partial charge on any atom is -0.479 e. The lowest BCUT2D eigenvalue weighted by molar-refractivity contribution is -0.146. The highest BCUT2D eigenvalue weighted by Crippen LogP contribution is 2.12. The van der Waals surface area contributed by atoms with E-state index in [2.05, 4.69) is 66.8 Å². The lowest BCUT2D eigenvalue weighted by Gasteiger charge is -2.05. The normalized spacial score (nSPS) is 13.6. The van der Waals surface area contributed by atoms with Crippen molar-refractivity contribution in [3.63, 3.8) is 0 Å². The van der Waals surface area contributed by atoms with Gasteiger partial charge in [-0.25, -0.2) is 4.79 Å². The van der Waals surface area contributed by atoms with E-state index in [0.717, 1.165) is 57.8 Å². The fourth-order valence-corrected chi connectivity index (χ4v) is 3.64. The zero-order chi connectivity index (χ0) is 26.4. The molecule has 0 bridgehead atoms.